The Kier molecular flexibility index (Phi) is 6.41. The summed E-state index contributed by atoms with van der Waals surface area (Å²) in [5.74, 6) is -0.357. The number of carbonyl (C=O) groups excluding carboxylic acids is 1. The predicted octanol–water partition coefficient (Wildman–Crippen LogP) is 5.92. The molecule has 0 radical (unpaired) electrons. The van der Waals surface area contributed by atoms with Crippen molar-refractivity contribution in [3.05, 3.63) is 69.3 Å². The number of aromatic carboxylic acids is 1. The van der Waals surface area contributed by atoms with Crippen LogP contribution >= 0.6 is 22.9 Å². The zero-order valence-corrected chi connectivity index (χ0v) is 20.4. The van der Waals surface area contributed by atoms with E-state index in [2.05, 4.69) is 15.4 Å². The summed E-state index contributed by atoms with van der Waals surface area (Å²) in [6, 6.07) is 11.9. The number of nitrogens with one attached hydrogen (secondary N) is 1. The van der Waals surface area contributed by atoms with E-state index >= 15 is 0 Å². The average Bonchev–Trinajstić information content (AvgIpc) is 3.33. The molecule has 2 aromatic heterocycles. The molecule has 0 atom stereocenters. The summed E-state index contributed by atoms with van der Waals surface area (Å²) in [4.78, 5) is 29.4. The zero-order valence-electron chi connectivity index (χ0n) is 18.8. The molecular formula is C24H21ClN4O4S. The fourth-order valence-corrected chi connectivity index (χ4v) is 4.87. The van der Waals surface area contributed by atoms with Crippen molar-refractivity contribution in [2.45, 2.75) is 20.8 Å². The number of benzene rings is 2. The van der Waals surface area contributed by atoms with Gasteiger partial charge in [0.1, 0.15) is 22.3 Å². The third-order valence-electron chi connectivity index (χ3n) is 5.20. The van der Waals surface area contributed by atoms with Crippen LogP contribution in [0.5, 0.6) is 5.75 Å². The average molecular weight is 497 g/mol. The number of carboxylic acids is 1. The molecule has 0 saturated heterocycles. The van der Waals surface area contributed by atoms with Gasteiger partial charge < -0.3 is 15.2 Å². The summed E-state index contributed by atoms with van der Waals surface area (Å²) in [5, 5.41) is 18.8. The number of para-hydroxylation sites is 1. The highest BCUT2D eigenvalue weighted by molar-refractivity contribution is 7.15. The largest absolute Gasteiger partial charge is 0.497 e. The normalized spacial score (nSPS) is 10.9. The van der Waals surface area contributed by atoms with E-state index in [0.29, 0.717) is 49.9 Å². The maximum atomic E-state index is 12.0. The van der Waals surface area contributed by atoms with Gasteiger partial charge in [0, 0.05) is 11.8 Å². The Morgan fingerprint density at radius 1 is 1.18 bits per heavy atom. The molecule has 0 amide bonds. The predicted molar refractivity (Wildman–Crippen MR) is 132 cm³/mol. The molecule has 0 fully saturated rings. The molecule has 0 bridgehead atoms. The highest BCUT2D eigenvalue weighted by Crippen LogP contribution is 2.40. The summed E-state index contributed by atoms with van der Waals surface area (Å²) in [7, 11) is 1.47. The quantitative estimate of drug-likeness (QED) is 0.306. The lowest BCUT2D eigenvalue weighted by Crippen LogP contribution is -2.08. The van der Waals surface area contributed by atoms with E-state index < -0.39 is 5.97 Å². The number of rotatable bonds is 7. The standard InChI is InChI=1S/C24H21ClN4O4S/c1-12-20(23-27-21(13(2)30)14(3)34-23)22(29(28-12)19-8-6-5-7-17(19)25)26-18-10-9-15(33-4)11-16(18)24(31)32/h5-11,26H,1-4H3,(H,31,32). The summed E-state index contributed by atoms with van der Waals surface area (Å²) < 4.78 is 6.81. The number of carboxylic acid groups (broad SMARTS) is 1. The minimum absolute atomic E-state index is 0.0228. The number of ketones is 1. The number of carbonyl (C=O) groups is 2. The molecule has 0 aliphatic carbocycles. The number of ether oxygens (including phenoxy) is 1. The molecule has 0 saturated carbocycles. The molecule has 2 heterocycles. The number of aryl methyl sites for hydroxylation is 2. The zero-order chi connectivity index (χ0) is 24.6. The van der Waals surface area contributed by atoms with E-state index in [9.17, 15) is 14.7 Å². The van der Waals surface area contributed by atoms with Gasteiger partial charge in [0.25, 0.3) is 0 Å². The van der Waals surface area contributed by atoms with Crippen LogP contribution in [0.15, 0.2) is 42.5 Å². The maximum Gasteiger partial charge on any atom is 0.337 e. The fourth-order valence-electron chi connectivity index (χ4n) is 3.59. The first-order valence-corrected chi connectivity index (χ1v) is 11.4. The second-order valence-electron chi connectivity index (χ2n) is 7.49. The first-order valence-electron chi connectivity index (χ1n) is 10.2. The van der Waals surface area contributed by atoms with Crippen molar-refractivity contribution in [3.63, 3.8) is 0 Å². The number of methoxy groups -OCH3 is 1. The van der Waals surface area contributed by atoms with E-state index in [1.165, 1.54) is 31.4 Å². The Bertz CT molecular complexity index is 1430. The van der Waals surface area contributed by atoms with Gasteiger partial charge >= 0.3 is 5.97 Å². The number of hydrogen-bond acceptors (Lipinski definition) is 7. The number of nitrogens with zero attached hydrogens (tertiary/aromatic N) is 3. The van der Waals surface area contributed by atoms with Crippen LogP contribution in [0.25, 0.3) is 16.3 Å². The molecule has 0 unspecified atom stereocenters. The Hall–Kier alpha value is -3.69. The number of anilines is 2. The van der Waals surface area contributed by atoms with Crippen LogP contribution in [0.4, 0.5) is 11.5 Å². The second kappa shape index (κ2) is 9.28. The van der Waals surface area contributed by atoms with Gasteiger partial charge in [0.05, 0.1) is 40.3 Å². The Labute approximate surface area is 204 Å². The van der Waals surface area contributed by atoms with Crippen molar-refractivity contribution in [3.8, 4) is 22.0 Å². The molecule has 174 valence electrons. The minimum atomic E-state index is -1.12. The number of thiazole rings is 1. The molecule has 34 heavy (non-hydrogen) atoms. The number of aromatic nitrogens is 3. The van der Waals surface area contributed by atoms with E-state index in [-0.39, 0.29) is 11.3 Å². The lowest BCUT2D eigenvalue weighted by Gasteiger charge is -2.15. The number of halogens is 1. The van der Waals surface area contributed by atoms with E-state index in [4.69, 9.17) is 16.3 Å². The van der Waals surface area contributed by atoms with Crippen molar-refractivity contribution < 1.29 is 19.4 Å². The smallest absolute Gasteiger partial charge is 0.337 e. The van der Waals surface area contributed by atoms with Crippen molar-refractivity contribution in [1.82, 2.24) is 14.8 Å². The molecule has 2 N–H and O–H groups in total. The third-order valence-corrected chi connectivity index (χ3v) is 6.50. The Morgan fingerprint density at radius 3 is 2.53 bits per heavy atom. The second-order valence-corrected chi connectivity index (χ2v) is 9.10. The van der Waals surface area contributed by atoms with Gasteiger partial charge in [-0.05, 0) is 44.2 Å². The van der Waals surface area contributed by atoms with Gasteiger partial charge in [-0.2, -0.15) is 5.10 Å². The SMILES string of the molecule is COc1ccc(Nc2c(-c3nc(C(C)=O)c(C)s3)c(C)nn2-c2ccccc2Cl)c(C(=O)O)c1. The molecule has 4 aromatic rings. The van der Waals surface area contributed by atoms with Gasteiger partial charge in [-0.3, -0.25) is 4.79 Å². The van der Waals surface area contributed by atoms with Crippen LogP contribution in [0.3, 0.4) is 0 Å². The number of hydrogen-bond donors (Lipinski definition) is 2. The lowest BCUT2D eigenvalue weighted by atomic mass is 10.1. The fraction of sp³-hybridized carbons (Fsp3) is 0.167. The van der Waals surface area contributed by atoms with Crippen molar-refractivity contribution >= 4 is 46.2 Å². The minimum Gasteiger partial charge on any atom is -0.497 e. The third kappa shape index (κ3) is 4.27. The van der Waals surface area contributed by atoms with Gasteiger partial charge in [-0.1, -0.05) is 23.7 Å². The van der Waals surface area contributed by atoms with Crippen LogP contribution in [0, 0.1) is 13.8 Å². The molecule has 8 nitrogen and oxygen atoms in total. The molecule has 0 aliphatic rings. The Morgan fingerprint density at radius 2 is 1.91 bits per heavy atom. The van der Waals surface area contributed by atoms with Crippen LogP contribution in [0.1, 0.15) is 38.3 Å². The highest BCUT2D eigenvalue weighted by atomic mass is 35.5. The van der Waals surface area contributed by atoms with Crippen molar-refractivity contribution in [2.75, 3.05) is 12.4 Å². The summed E-state index contributed by atoms with van der Waals surface area (Å²) in [6.45, 7) is 5.14. The van der Waals surface area contributed by atoms with Gasteiger partial charge in [-0.15, -0.1) is 11.3 Å². The first kappa shape index (κ1) is 23.5. The number of Topliss-reactive ketones (excluding diaryl/α,β-unsaturated/α-hetero) is 1. The van der Waals surface area contributed by atoms with Crippen LogP contribution < -0.4 is 10.1 Å². The van der Waals surface area contributed by atoms with Crippen molar-refractivity contribution in [2.24, 2.45) is 0 Å². The van der Waals surface area contributed by atoms with Crippen LogP contribution in [-0.2, 0) is 0 Å². The molecule has 0 spiro atoms. The molecule has 2 aromatic carbocycles. The maximum absolute atomic E-state index is 12.0. The van der Waals surface area contributed by atoms with E-state index in [0.717, 1.165) is 4.88 Å². The summed E-state index contributed by atoms with van der Waals surface area (Å²) in [5.41, 5.74) is 2.64. The van der Waals surface area contributed by atoms with Crippen molar-refractivity contribution in [1.29, 1.82) is 0 Å². The molecule has 0 aliphatic heterocycles. The Balaban J connectivity index is 1.97. The lowest BCUT2D eigenvalue weighted by molar-refractivity contribution is 0.0697. The topological polar surface area (TPSA) is 106 Å². The van der Waals surface area contributed by atoms with E-state index in [1.807, 2.05) is 32.0 Å². The van der Waals surface area contributed by atoms with E-state index in [1.54, 1.807) is 22.9 Å². The summed E-state index contributed by atoms with van der Waals surface area (Å²) in [6.07, 6.45) is 0. The van der Waals surface area contributed by atoms with Gasteiger partial charge in [-0.25, -0.2) is 14.5 Å². The summed E-state index contributed by atoms with van der Waals surface area (Å²) >= 11 is 7.85. The first-order chi connectivity index (χ1) is 16.2. The van der Waals surface area contributed by atoms with Gasteiger partial charge in [0.2, 0.25) is 0 Å². The molecular weight excluding hydrogens is 476 g/mol. The molecule has 4 rings (SSSR count). The van der Waals surface area contributed by atoms with Crippen LogP contribution in [0.2, 0.25) is 5.02 Å². The van der Waals surface area contributed by atoms with Crippen LogP contribution in [-0.4, -0.2) is 38.7 Å². The van der Waals surface area contributed by atoms with Gasteiger partial charge in [0.15, 0.2) is 5.78 Å². The monoisotopic (exact) mass is 496 g/mol. The molecule has 10 heteroatoms. The highest BCUT2D eigenvalue weighted by Gasteiger charge is 2.25.